The molecule has 5 heteroatoms. The Bertz CT molecular complexity index is 549. The molecule has 3 fully saturated rings. The second kappa shape index (κ2) is 7.12. The van der Waals surface area contributed by atoms with Crippen LogP contribution in [0.4, 0.5) is 0 Å². The molecule has 3 aliphatic rings. The molecule has 0 spiro atoms. The third-order valence-corrected chi connectivity index (χ3v) is 8.69. The van der Waals surface area contributed by atoms with E-state index >= 15 is 0 Å². The van der Waals surface area contributed by atoms with Gasteiger partial charge in [-0.05, 0) is 72.6 Å². The van der Waals surface area contributed by atoms with Gasteiger partial charge in [0.25, 0.3) is 0 Å². The van der Waals surface area contributed by atoms with Crippen molar-refractivity contribution in [3.63, 3.8) is 0 Å². The van der Waals surface area contributed by atoms with Gasteiger partial charge in [-0.25, -0.2) is 0 Å². The Morgan fingerprint density at radius 2 is 1.67 bits per heavy atom. The van der Waals surface area contributed by atoms with Gasteiger partial charge < -0.3 is 20.5 Å². The predicted molar refractivity (Wildman–Crippen MR) is 109 cm³/mol. The van der Waals surface area contributed by atoms with Gasteiger partial charge in [0, 0.05) is 18.3 Å². The molecule has 0 unspecified atom stereocenters. The highest BCUT2D eigenvalue weighted by Gasteiger charge is 2.62. The van der Waals surface area contributed by atoms with Crippen LogP contribution in [0.5, 0.6) is 0 Å². The van der Waals surface area contributed by atoms with Gasteiger partial charge in [0.05, 0.1) is 28.2 Å². The van der Waals surface area contributed by atoms with Gasteiger partial charge in [-0.15, -0.1) is 11.6 Å². The molecule has 1 saturated heterocycles. The quantitative estimate of drug-likeness (QED) is 0.499. The van der Waals surface area contributed by atoms with Crippen molar-refractivity contribution in [3.8, 4) is 0 Å². The van der Waals surface area contributed by atoms with Crippen LogP contribution in [0, 0.1) is 31.8 Å². The van der Waals surface area contributed by atoms with Crippen molar-refractivity contribution in [3.05, 3.63) is 14.1 Å². The zero-order valence-corrected chi connectivity index (χ0v) is 18.7. The van der Waals surface area contributed by atoms with Crippen molar-refractivity contribution in [2.45, 2.75) is 107 Å². The van der Waals surface area contributed by atoms with Crippen LogP contribution >= 0.6 is 11.6 Å². The van der Waals surface area contributed by atoms with Crippen molar-refractivity contribution < 1.29 is 20.5 Å². The molecule has 1 aliphatic heterocycles. The minimum atomic E-state index is -0.694. The van der Waals surface area contributed by atoms with Gasteiger partial charge in [-0.2, -0.15) is 14.1 Å². The first-order chi connectivity index (χ1) is 12.4. The number of ether oxygens (including phenoxy) is 1. The second-order valence-corrected chi connectivity index (χ2v) is 11.7. The van der Waals surface area contributed by atoms with Crippen molar-refractivity contribution in [2.24, 2.45) is 17.8 Å². The van der Waals surface area contributed by atoms with Gasteiger partial charge >= 0.3 is 0 Å². The minimum Gasteiger partial charge on any atom is -0.474 e. The average molecular weight is 401 g/mol. The number of aliphatic hydroxyl groups is 1. The number of fused-ring (bicyclic) bond motifs is 1. The molecule has 0 aromatic heterocycles. The number of hydrogen-bond donors (Lipinski definition) is 3. The molecular formula is C22H41ClN2O2. The summed E-state index contributed by atoms with van der Waals surface area (Å²) in [6.45, 7) is 10.8. The average Bonchev–Trinajstić information content (AvgIpc) is 2.98. The SMILES string of the molecule is [CH2-][NH2+][C@@H]1[C@@H]2[C@@H]([C@@]3(C)CC[C@@H](C(C)(C)Cl)O3)CC[C@](C)([NH2+][CH2-])[C@H]2CC[C@@]1(C)O. The lowest BCUT2D eigenvalue weighted by Crippen LogP contribution is -2.98. The number of rotatable bonds is 4. The molecule has 0 aromatic carbocycles. The highest BCUT2D eigenvalue weighted by molar-refractivity contribution is 6.23. The van der Waals surface area contributed by atoms with E-state index in [4.69, 9.17) is 16.3 Å². The third-order valence-electron chi connectivity index (χ3n) is 8.45. The summed E-state index contributed by atoms with van der Waals surface area (Å²) in [5, 5.41) is 15.4. The van der Waals surface area contributed by atoms with Crippen molar-refractivity contribution in [2.75, 3.05) is 0 Å². The van der Waals surface area contributed by atoms with E-state index in [9.17, 15) is 5.11 Å². The molecule has 0 aromatic rings. The van der Waals surface area contributed by atoms with Gasteiger partial charge in [-0.3, -0.25) is 0 Å². The zero-order valence-electron chi connectivity index (χ0n) is 17.9. The Kier molecular flexibility index (Phi) is 5.76. The van der Waals surface area contributed by atoms with E-state index < -0.39 is 5.60 Å². The van der Waals surface area contributed by atoms with Crippen LogP contribution in [0.15, 0.2) is 0 Å². The fourth-order valence-corrected chi connectivity index (χ4v) is 6.76. The van der Waals surface area contributed by atoms with E-state index in [1.165, 1.54) is 0 Å². The van der Waals surface area contributed by atoms with Crippen molar-refractivity contribution in [1.82, 2.24) is 0 Å². The van der Waals surface area contributed by atoms with Crippen molar-refractivity contribution in [1.29, 1.82) is 0 Å². The molecule has 3 rings (SSSR count). The summed E-state index contributed by atoms with van der Waals surface area (Å²) in [5.74, 6) is 1.29. The first-order valence-electron chi connectivity index (χ1n) is 10.7. The van der Waals surface area contributed by atoms with Crippen LogP contribution in [0.3, 0.4) is 0 Å². The van der Waals surface area contributed by atoms with Gasteiger partial charge in [0.1, 0.15) is 5.60 Å². The van der Waals surface area contributed by atoms with E-state index in [-0.39, 0.29) is 28.2 Å². The molecule has 5 N–H and O–H groups in total. The van der Waals surface area contributed by atoms with E-state index in [0.29, 0.717) is 17.8 Å². The largest absolute Gasteiger partial charge is 0.474 e. The fraction of sp³-hybridized carbons (Fsp3) is 0.909. The summed E-state index contributed by atoms with van der Waals surface area (Å²) in [4.78, 5) is -0.350. The Morgan fingerprint density at radius 3 is 2.19 bits per heavy atom. The summed E-state index contributed by atoms with van der Waals surface area (Å²) in [5.41, 5.74) is -0.753. The van der Waals surface area contributed by atoms with Crippen LogP contribution in [-0.4, -0.2) is 38.9 Å². The standard InChI is InChI=1S/C22H41ClN2O2/c1-19(2,23)16-10-13-22(5,27-16)15-8-11-20(3,25-7)14-9-12-21(4,26)18(24-6)17(14)15/h14-18,26H,6-13,24-25H2,1-5H3/t14-,15-,16-,17-,18+,20-,21+,22+/m0/s1. The highest BCUT2D eigenvalue weighted by Crippen LogP contribution is 2.55. The fourth-order valence-electron chi connectivity index (χ4n) is 6.61. The third kappa shape index (κ3) is 3.70. The maximum atomic E-state index is 11.2. The Balaban J connectivity index is 1.95. The number of hydrogen-bond acceptors (Lipinski definition) is 2. The topological polar surface area (TPSA) is 62.7 Å². The zero-order chi connectivity index (χ0) is 20.3. The second-order valence-electron chi connectivity index (χ2n) is 10.7. The summed E-state index contributed by atoms with van der Waals surface area (Å²) in [7, 11) is 8.32. The molecule has 0 radical (unpaired) electrons. The van der Waals surface area contributed by atoms with Crippen LogP contribution in [0.25, 0.3) is 0 Å². The normalized spacial score (nSPS) is 51.2. The van der Waals surface area contributed by atoms with E-state index in [1.54, 1.807) is 0 Å². The molecule has 27 heavy (non-hydrogen) atoms. The number of alkyl halides is 1. The molecule has 2 aliphatic carbocycles. The minimum absolute atomic E-state index is 0.0848. The first kappa shape index (κ1) is 21.8. The molecule has 8 atom stereocenters. The lowest BCUT2D eigenvalue weighted by atomic mass is 9.51. The van der Waals surface area contributed by atoms with Crippen LogP contribution in [0.2, 0.25) is 0 Å². The summed E-state index contributed by atoms with van der Waals surface area (Å²) >= 11 is 6.62. The van der Waals surface area contributed by atoms with Crippen LogP contribution < -0.4 is 10.6 Å². The van der Waals surface area contributed by atoms with Gasteiger partial charge in [0.2, 0.25) is 0 Å². The molecule has 0 amide bonds. The predicted octanol–water partition coefficient (Wildman–Crippen LogP) is 1.97. The lowest BCUT2D eigenvalue weighted by molar-refractivity contribution is -0.703. The maximum absolute atomic E-state index is 11.2. The summed E-state index contributed by atoms with van der Waals surface area (Å²) in [6.07, 6.45) is 6.25. The van der Waals surface area contributed by atoms with Crippen LogP contribution in [0.1, 0.15) is 73.1 Å². The van der Waals surface area contributed by atoms with Crippen LogP contribution in [-0.2, 0) is 4.74 Å². The maximum Gasteiger partial charge on any atom is 0.111 e. The first-order valence-corrected chi connectivity index (χ1v) is 11.1. The molecule has 158 valence electrons. The van der Waals surface area contributed by atoms with E-state index in [2.05, 4.69) is 47.1 Å². The molecule has 1 heterocycles. The van der Waals surface area contributed by atoms with Gasteiger partial charge in [-0.1, -0.05) is 0 Å². The smallest absolute Gasteiger partial charge is 0.111 e. The number of quaternary nitrogens is 2. The highest BCUT2D eigenvalue weighted by atomic mass is 35.5. The monoisotopic (exact) mass is 400 g/mol. The van der Waals surface area contributed by atoms with E-state index in [0.717, 1.165) is 38.5 Å². The summed E-state index contributed by atoms with van der Waals surface area (Å²) in [6, 6.07) is 0.0873. The molecule has 0 bridgehead atoms. The lowest BCUT2D eigenvalue weighted by Gasteiger charge is -2.59. The Hall–Kier alpha value is 0.130. The summed E-state index contributed by atoms with van der Waals surface area (Å²) < 4.78 is 6.69. The number of nitrogens with two attached hydrogens (primary N) is 2. The molecular weight excluding hydrogens is 360 g/mol. The Labute approximate surface area is 171 Å². The number of halogens is 1. The van der Waals surface area contributed by atoms with Crippen molar-refractivity contribution >= 4 is 11.6 Å². The Morgan fingerprint density at radius 1 is 1.04 bits per heavy atom. The molecule has 2 saturated carbocycles. The van der Waals surface area contributed by atoms with Gasteiger partial charge in [0.15, 0.2) is 0 Å². The molecule has 4 nitrogen and oxygen atoms in total. The van der Waals surface area contributed by atoms with E-state index in [1.807, 2.05) is 12.2 Å².